The highest BCUT2D eigenvalue weighted by molar-refractivity contribution is 5.75. The molecule has 0 aromatic carbocycles. The van der Waals surface area contributed by atoms with Gasteiger partial charge in [0, 0.05) is 13.0 Å². The van der Waals surface area contributed by atoms with Crippen LogP contribution >= 0.6 is 0 Å². The minimum atomic E-state index is -1.27. The summed E-state index contributed by atoms with van der Waals surface area (Å²) < 4.78 is 5.21. The molecule has 8 heteroatoms. The van der Waals surface area contributed by atoms with Crippen LogP contribution in [0.25, 0.3) is 0 Å². The Morgan fingerprint density at radius 3 is 2.59 bits per heavy atom. The first-order chi connectivity index (χ1) is 8.04. The third-order valence-corrected chi connectivity index (χ3v) is 3.02. The van der Waals surface area contributed by atoms with Gasteiger partial charge in [-0.2, -0.15) is 0 Å². The van der Waals surface area contributed by atoms with E-state index in [4.69, 9.17) is 9.84 Å². The minimum absolute atomic E-state index is 0.208. The molecule has 0 radical (unpaired) electrons. The highest BCUT2D eigenvalue weighted by Gasteiger charge is 2.47. The van der Waals surface area contributed by atoms with Crippen molar-refractivity contribution in [3.63, 3.8) is 0 Å². The van der Waals surface area contributed by atoms with Gasteiger partial charge in [-0.1, -0.05) is 0 Å². The van der Waals surface area contributed by atoms with Crippen LogP contribution in [0.3, 0.4) is 0 Å². The summed E-state index contributed by atoms with van der Waals surface area (Å²) in [6.07, 6.45) is -5.02. The number of carbonyl (C=O) groups is 1. The number of hydrogen-bond acceptors (Lipinski definition) is 6. The molecule has 2 saturated heterocycles. The molecular formula is C9H16N2O6. The summed E-state index contributed by atoms with van der Waals surface area (Å²) in [6.45, 7) is -0.230. The smallest absolute Gasteiger partial charge is 0.321 e. The monoisotopic (exact) mass is 248 g/mol. The van der Waals surface area contributed by atoms with Gasteiger partial charge < -0.3 is 30.5 Å². The molecule has 0 bridgehead atoms. The number of aliphatic hydroxyl groups excluding tert-OH is 4. The van der Waals surface area contributed by atoms with Gasteiger partial charge >= 0.3 is 6.03 Å². The van der Waals surface area contributed by atoms with Crippen molar-refractivity contribution in [1.29, 1.82) is 0 Å². The van der Waals surface area contributed by atoms with Gasteiger partial charge in [0.25, 0.3) is 0 Å². The number of hydrogen-bond donors (Lipinski definition) is 5. The van der Waals surface area contributed by atoms with Crippen molar-refractivity contribution in [1.82, 2.24) is 10.2 Å². The van der Waals surface area contributed by atoms with Gasteiger partial charge in [0.05, 0.1) is 6.61 Å². The predicted molar refractivity (Wildman–Crippen MR) is 53.6 cm³/mol. The summed E-state index contributed by atoms with van der Waals surface area (Å²) in [5.74, 6) is 0. The summed E-state index contributed by atoms with van der Waals surface area (Å²) >= 11 is 0. The van der Waals surface area contributed by atoms with E-state index in [1.54, 1.807) is 0 Å². The summed E-state index contributed by atoms with van der Waals surface area (Å²) in [5.41, 5.74) is 0. The van der Waals surface area contributed by atoms with E-state index < -0.39 is 43.4 Å². The first kappa shape index (κ1) is 12.5. The van der Waals surface area contributed by atoms with E-state index >= 15 is 0 Å². The minimum Gasteiger partial charge on any atom is -0.394 e. The van der Waals surface area contributed by atoms with Crippen LogP contribution in [0.5, 0.6) is 0 Å². The number of carbonyl (C=O) groups excluding carboxylic acids is 1. The van der Waals surface area contributed by atoms with Crippen molar-refractivity contribution in [3.8, 4) is 0 Å². The van der Waals surface area contributed by atoms with E-state index in [-0.39, 0.29) is 6.54 Å². The lowest BCUT2D eigenvalue weighted by molar-refractivity contribution is -0.0893. The molecule has 1 unspecified atom stereocenters. The number of nitrogens with one attached hydrogen (secondary N) is 1. The first-order valence-electron chi connectivity index (χ1n) is 5.42. The van der Waals surface area contributed by atoms with Gasteiger partial charge in [0.2, 0.25) is 0 Å². The van der Waals surface area contributed by atoms with Crippen LogP contribution in [0.15, 0.2) is 0 Å². The molecule has 98 valence electrons. The number of nitrogens with zero attached hydrogens (tertiary/aromatic N) is 1. The van der Waals surface area contributed by atoms with Gasteiger partial charge in [-0.3, -0.25) is 4.90 Å². The molecule has 5 N–H and O–H groups in total. The largest absolute Gasteiger partial charge is 0.394 e. The van der Waals surface area contributed by atoms with Crippen molar-refractivity contribution in [3.05, 3.63) is 0 Å². The van der Waals surface area contributed by atoms with Crippen LogP contribution in [0.2, 0.25) is 0 Å². The predicted octanol–water partition coefficient (Wildman–Crippen LogP) is -2.84. The van der Waals surface area contributed by atoms with Crippen LogP contribution < -0.4 is 5.32 Å². The average molecular weight is 248 g/mol. The molecule has 2 rings (SSSR count). The fraction of sp³-hybridized carbons (Fsp3) is 0.889. The number of amides is 2. The average Bonchev–Trinajstić information content (AvgIpc) is 2.57. The van der Waals surface area contributed by atoms with Crippen LogP contribution in [0.1, 0.15) is 6.42 Å². The van der Waals surface area contributed by atoms with E-state index in [9.17, 15) is 20.1 Å². The number of aliphatic hydroxyl groups is 4. The Morgan fingerprint density at radius 2 is 2.06 bits per heavy atom. The van der Waals surface area contributed by atoms with Crippen LogP contribution in [-0.2, 0) is 4.74 Å². The zero-order chi connectivity index (χ0) is 12.6. The number of rotatable bonds is 2. The van der Waals surface area contributed by atoms with Crippen molar-refractivity contribution >= 4 is 6.03 Å². The summed E-state index contributed by atoms with van der Waals surface area (Å²) in [6, 6.07) is -0.571. The summed E-state index contributed by atoms with van der Waals surface area (Å²) in [4.78, 5) is 12.7. The van der Waals surface area contributed by atoms with E-state index in [1.807, 2.05) is 0 Å². The van der Waals surface area contributed by atoms with E-state index in [0.29, 0.717) is 6.42 Å². The second-order valence-corrected chi connectivity index (χ2v) is 4.18. The second-order valence-electron chi connectivity index (χ2n) is 4.18. The van der Waals surface area contributed by atoms with E-state index in [2.05, 4.69) is 5.32 Å². The molecule has 0 aromatic heterocycles. The van der Waals surface area contributed by atoms with Gasteiger partial charge in [0.1, 0.15) is 24.5 Å². The Kier molecular flexibility index (Phi) is 3.50. The molecule has 0 saturated carbocycles. The SMILES string of the molecule is O=C1NC(O)CCN1[C@@H]1O[C@H](CO)[C@H](O)[C@H]1O. The number of urea groups is 1. The Labute approximate surface area is 97.4 Å². The van der Waals surface area contributed by atoms with Gasteiger partial charge in [-0.05, 0) is 0 Å². The molecule has 2 heterocycles. The topological polar surface area (TPSA) is 122 Å². The Hall–Kier alpha value is -0.930. The molecule has 0 aliphatic carbocycles. The van der Waals surface area contributed by atoms with E-state index in [1.165, 1.54) is 4.90 Å². The van der Waals surface area contributed by atoms with Gasteiger partial charge in [0.15, 0.2) is 6.23 Å². The summed E-state index contributed by atoms with van der Waals surface area (Å²) in [7, 11) is 0. The Bertz CT molecular complexity index is 301. The lowest BCUT2D eigenvalue weighted by atomic mass is 10.1. The lowest BCUT2D eigenvalue weighted by Gasteiger charge is -2.35. The standard InChI is InChI=1S/C9H16N2O6/c12-3-4-6(14)7(15)8(17-4)11-2-1-5(13)10-9(11)16/h4-8,12-15H,1-3H2,(H,10,16)/t4-,5?,6+,7-,8-/m1/s1. The van der Waals surface area contributed by atoms with Gasteiger partial charge in [-0.15, -0.1) is 0 Å². The zero-order valence-corrected chi connectivity index (χ0v) is 9.06. The summed E-state index contributed by atoms with van der Waals surface area (Å²) in [5, 5.41) is 39.7. The van der Waals surface area contributed by atoms with Crippen LogP contribution in [-0.4, -0.2) is 75.3 Å². The maximum absolute atomic E-state index is 11.6. The van der Waals surface area contributed by atoms with Crippen molar-refractivity contribution in [2.45, 2.75) is 37.2 Å². The third-order valence-electron chi connectivity index (χ3n) is 3.02. The van der Waals surface area contributed by atoms with Crippen LogP contribution in [0, 0.1) is 0 Å². The first-order valence-corrected chi connectivity index (χ1v) is 5.42. The quantitative estimate of drug-likeness (QED) is 0.359. The molecular weight excluding hydrogens is 232 g/mol. The molecule has 0 spiro atoms. The fourth-order valence-corrected chi connectivity index (χ4v) is 2.04. The molecule has 2 aliphatic rings. The molecule has 8 nitrogen and oxygen atoms in total. The highest BCUT2D eigenvalue weighted by atomic mass is 16.6. The molecule has 5 atom stereocenters. The number of ether oxygens (including phenoxy) is 1. The molecule has 2 aliphatic heterocycles. The maximum Gasteiger partial charge on any atom is 0.321 e. The van der Waals surface area contributed by atoms with Crippen molar-refractivity contribution in [2.75, 3.05) is 13.2 Å². The normalized spacial score (nSPS) is 42.7. The lowest BCUT2D eigenvalue weighted by Crippen LogP contribution is -2.57. The Morgan fingerprint density at radius 1 is 1.35 bits per heavy atom. The molecule has 2 fully saturated rings. The highest BCUT2D eigenvalue weighted by Crippen LogP contribution is 2.25. The van der Waals surface area contributed by atoms with Crippen molar-refractivity contribution < 1.29 is 30.0 Å². The molecule has 17 heavy (non-hydrogen) atoms. The Balaban J connectivity index is 2.05. The molecule has 2 amide bonds. The zero-order valence-electron chi connectivity index (χ0n) is 9.06. The molecule has 0 aromatic rings. The van der Waals surface area contributed by atoms with Gasteiger partial charge in [-0.25, -0.2) is 4.79 Å². The third kappa shape index (κ3) is 2.22. The van der Waals surface area contributed by atoms with E-state index in [0.717, 1.165) is 0 Å². The maximum atomic E-state index is 11.6. The fourth-order valence-electron chi connectivity index (χ4n) is 2.04. The van der Waals surface area contributed by atoms with Crippen LogP contribution in [0.4, 0.5) is 4.79 Å². The second kappa shape index (κ2) is 4.75. The van der Waals surface area contributed by atoms with Crippen molar-refractivity contribution in [2.24, 2.45) is 0 Å².